The smallest absolute Gasteiger partial charge is 0.266 e. The number of aromatic nitrogens is 2. The molecule has 6 heteroatoms. The standard InChI is InChI=1S/C15H18N4O2/c1-10-7-8-12(13(16)20)9-19(10)15-17-14(21-18-15)11-5-3-2-4-6-11/h2-6,10,12H,7-9H2,1H3,(H2,16,20)/t10-,12+/m0/s1. The molecule has 21 heavy (non-hydrogen) atoms. The number of hydrogen-bond donors (Lipinski definition) is 1. The summed E-state index contributed by atoms with van der Waals surface area (Å²) < 4.78 is 5.33. The first-order valence-electron chi connectivity index (χ1n) is 7.10. The van der Waals surface area contributed by atoms with Crippen molar-refractivity contribution in [2.24, 2.45) is 11.7 Å². The fraction of sp³-hybridized carbons (Fsp3) is 0.400. The number of primary amides is 1. The molecule has 3 rings (SSSR count). The van der Waals surface area contributed by atoms with Gasteiger partial charge in [0.1, 0.15) is 0 Å². The van der Waals surface area contributed by atoms with Gasteiger partial charge in [0.05, 0.1) is 5.92 Å². The van der Waals surface area contributed by atoms with Crippen LogP contribution in [-0.4, -0.2) is 28.6 Å². The maximum absolute atomic E-state index is 11.4. The Labute approximate surface area is 122 Å². The summed E-state index contributed by atoms with van der Waals surface area (Å²) in [6.07, 6.45) is 1.71. The number of benzene rings is 1. The number of carbonyl (C=O) groups is 1. The lowest BCUT2D eigenvalue weighted by Crippen LogP contribution is -2.46. The maximum Gasteiger partial charge on any atom is 0.266 e. The van der Waals surface area contributed by atoms with E-state index in [-0.39, 0.29) is 17.9 Å². The molecule has 2 atom stereocenters. The van der Waals surface area contributed by atoms with Crippen molar-refractivity contribution >= 4 is 11.9 Å². The van der Waals surface area contributed by atoms with Gasteiger partial charge in [0.25, 0.3) is 11.8 Å². The summed E-state index contributed by atoms with van der Waals surface area (Å²) in [6.45, 7) is 2.64. The van der Waals surface area contributed by atoms with Crippen LogP contribution in [0, 0.1) is 5.92 Å². The first-order chi connectivity index (χ1) is 10.1. The van der Waals surface area contributed by atoms with Gasteiger partial charge in [-0.05, 0) is 37.1 Å². The molecule has 0 bridgehead atoms. The topological polar surface area (TPSA) is 85.3 Å². The zero-order valence-corrected chi connectivity index (χ0v) is 11.9. The molecule has 1 aromatic heterocycles. The molecule has 1 fully saturated rings. The van der Waals surface area contributed by atoms with Gasteiger partial charge in [-0.1, -0.05) is 18.2 Å². The zero-order valence-electron chi connectivity index (χ0n) is 11.9. The number of amides is 1. The van der Waals surface area contributed by atoms with Crippen LogP contribution in [-0.2, 0) is 4.79 Å². The average molecular weight is 286 g/mol. The highest BCUT2D eigenvalue weighted by Crippen LogP contribution is 2.27. The van der Waals surface area contributed by atoms with Gasteiger partial charge in [0.2, 0.25) is 5.91 Å². The van der Waals surface area contributed by atoms with Crippen LogP contribution in [0.5, 0.6) is 0 Å². The minimum Gasteiger partial charge on any atom is -0.369 e. The molecular weight excluding hydrogens is 268 g/mol. The molecule has 1 amide bonds. The van der Waals surface area contributed by atoms with Crippen LogP contribution in [0.3, 0.4) is 0 Å². The molecule has 0 radical (unpaired) electrons. The Morgan fingerprint density at radius 1 is 1.33 bits per heavy atom. The van der Waals surface area contributed by atoms with E-state index in [4.69, 9.17) is 10.3 Å². The highest BCUT2D eigenvalue weighted by atomic mass is 16.5. The van der Waals surface area contributed by atoms with Crippen molar-refractivity contribution in [3.63, 3.8) is 0 Å². The second kappa shape index (κ2) is 5.55. The summed E-state index contributed by atoms with van der Waals surface area (Å²) in [4.78, 5) is 17.8. The Balaban J connectivity index is 1.83. The normalized spacial score (nSPS) is 22.2. The molecule has 1 aromatic carbocycles. The van der Waals surface area contributed by atoms with E-state index in [1.807, 2.05) is 35.2 Å². The molecular formula is C15H18N4O2. The van der Waals surface area contributed by atoms with Gasteiger partial charge in [-0.25, -0.2) is 0 Å². The van der Waals surface area contributed by atoms with Crippen molar-refractivity contribution < 1.29 is 9.32 Å². The van der Waals surface area contributed by atoms with E-state index in [2.05, 4.69) is 17.1 Å². The molecule has 2 aromatic rings. The van der Waals surface area contributed by atoms with E-state index in [0.717, 1.165) is 18.4 Å². The lowest BCUT2D eigenvalue weighted by atomic mass is 9.93. The van der Waals surface area contributed by atoms with Crippen molar-refractivity contribution in [3.05, 3.63) is 30.3 Å². The number of nitrogens with two attached hydrogens (primary N) is 1. The van der Waals surface area contributed by atoms with Crippen LogP contribution < -0.4 is 10.6 Å². The molecule has 0 spiro atoms. The fourth-order valence-corrected chi connectivity index (χ4v) is 2.65. The average Bonchev–Trinajstić information content (AvgIpc) is 2.98. The second-order valence-corrected chi connectivity index (χ2v) is 5.44. The molecule has 6 nitrogen and oxygen atoms in total. The molecule has 1 aliphatic rings. The summed E-state index contributed by atoms with van der Waals surface area (Å²) in [5, 5.41) is 4.05. The maximum atomic E-state index is 11.4. The Morgan fingerprint density at radius 2 is 2.10 bits per heavy atom. The van der Waals surface area contributed by atoms with Gasteiger partial charge in [0, 0.05) is 18.2 Å². The fourth-order valence-electron chi connectivity index (χ4n) is 2.65. The van der Waals surface area contributed by atoms with E-state index in [1.54, 1.807) is 0 Å². The van der Waals surface area contributed by atoms with E-state index >= 15 is 0 Å². The third kappa shape index (κ3) is 2.74. The van der Waals surface area contributed by atoms with Gasteiger partial charge in [-0.2, -0.15) is 4.98 Å². The molecule has 1 saturated heterocycles. The number of carbonyl (C=O) groups excluding carboxylic acids is 1. The van der Waals surface area contributed by atoms with Gasteiger partial charge in [-0.3, -0.25) is 4.79 Å². The van der Waals surface area contributed by atoms with Gasteiger partial charge in [-0.15, -0.1) is 0 Å². The quantitative estimate of drug-likeness (QED) is 0.930. The van der Waals surface area contributed by atoms with E-state index in [1.165, 1.54) is 0 Å². The Bertz CT molecular complexity index is 626. The summed E-state index contributed by atoms with van der Waals surface area (Å²) >= 11 is 0. The van der Waals surface area contributed by atoms with E-state index in [9.17, 15) is 4.79 Å². The Hall–Kier alpha value is -2.37. The molecule has 0 unspecified atom stereocenters. The number of nitrogens with zero attached hydrogens (tertiary/aromatic N) is 3. The lowest BCUT2D eigenvalue weighted by Gasteiger charge is -2.35. The van der Waals surface area contributed by atoms with Gasteiger partial charge >= 0.3 is 0 Å². The Kier molecular flexibility index (Phi) is 3.60. The summed E-state index contributed by atoms with van der Waals surface area (Å²) in [5.74, 6) is 0.588. The van der Waals surface area contributed by atoms with Gasteiger partial charge < -0.3 is 15.2 Å². The molecule has 110 valence electrons. The summed E-state index contributed by atoms with van der Waals surface area (Å²) in [6, 6.07) is 9.89. The molecule has 2 heterocycles. The summed E-state index contributed by atoms with van der Waals surface area (Å²) in [7, 11) is 0. The largest absolute Gasteiger partial charge is 0.369 e. The van der Waals surface area contributed by atoms with E-state index < -0.39 is 0 Å². The SMILES string of the molecule is C[C@H]1CC[C@@H](C(N)=O)CN1c1noc(-c2ccccc2)n1. The van der Waals surface area contributed by atoms with Crippen molar-refractivity contribution in [2.75, 3.05) is 11.4 Å². The predicted octanol–water partition coefficient (Wildman–Crippen LogP) is 1.83. The molecule has 0 aliphatic carbocycles. The van der Waals surface area contributed by atoms with Crippen molar-refractivity contribution in [1.82, 2.24) is 10.1 Å². The second-order valence-electron chi connectivity index (χ2n) is 5.44. The first-order valence-corrected chi connectivity index (χ1v) is 7.10. The predicted molar refractivity (Wildman–Crippen MR) is 78.5 cm³/mol. The molecule has 2 N–H and O–H groups in total. The minimum absolute atomic E-state index is 0.153. The van der Waals surface area contributed by atoms with Crippen LogP contribution in [0.25, 0.3) is 11.5 Å². The number of hydrogen-bond acceptors (Lipinski definition) is 5. The number of rotatable bonds is 3. The van der Waals surface area contributed by atoms with Gasteiger partial charge in [0.15, 0.2) is 0 Å². The van der Waals surface area contributed by atoms with Crippen LogP contribution >= 0.6 is 0 Å². The van der Waals surface area contributed by atoms with Crippen LogP contribution in [0.4, 0.5) is 5.95 Å². The highest BCUT2D eigenvalue weighted by molar-refractivity contribution is 5.77. The van der Waals surface area contributed by atoms with Crippen LogP contribution in [0.1, 0.15) is 19.8 Å². The van der Waals surface area contributed by atoms with E-state index in [0.29, 0.717) is 18.4 Å². The molecule has 1 aliphatic heterocycles. The summed E-state index contributed by atoms with van der Waals surface area (Å²) in [5.41, 5.74) is 6.30. The number of anilines is 1. The third-order valence-corrected chi connectivity index (χ3v) is 3.98. The van der Waals surface area contributed by atoms with Crippen molar-refractivity contribution in [3.8, 4) is 11.5 Å². The first kappa shape index (κ1) is 13.6. The third-order valence-electron chi connectivity index (χ3n) is 3.98. The number of piperidine rings is 1. The van der Waals surface area contributed by atoms with Crippen LogP contribution in [0.15, 0.2) is 34.9 Å². The minimum atomic E-state index is -0.265. The van der Waals surface area contributed by atoms with Crippen LogP contribution in [0.2, 0.25) is 0 Å². The molecule has 0 saturated carbocycles. The Morgan fingerprint density at radius 3 is 2.81 bits per heavy atom. The van der Waals surface area contributed by atoms with Crippen molar-refractivity contribution in [2.45, 2.75) is 25.8 Å². The lowest BCUT2D eigenvalue weighted by molar-refractivity contribution is -0.122. The monoisotopic (exact) mass is 286 g/mol. The highest BCUT2D eigenvalue weighted by Gasteiger charge is 2.31. The zero-order chi connectivity index (χ0) is 14.8. The van der Waals surface area contributed by atoms with Crippen molar-refractivity contribution in [1.29, 1.82) is 0 Å².